The van der Waals surface area contributed by atoms with Crippen molar-refractivity contribution < 1.29 is 26.3 Å². The van der Waals surface area contributed by atoms with Crippen LogP contribution in [-0.4, -0.2) is 15.2 Å². The van der Waals surface area contributed by atoms with Gasteiger partial charge < -0.3 is 0 Å². The number of nitrogens with zero attached hydrogens (tertiary/aromatic N) is 3. The summed E-state index contributed by atoms with van der Waals surface area (Å²) in [6.07, 6.45) is -6.98. The second-order valence-corrected chi connectivity index (χ2v) is 9.38. The van der Waals surface area contributed by atoms with Gasteiger partial charge >= 0.3 is 12.4 Å². The normalized spacial score (nSPS) is 12.5. The highest BCUT2D eigenvalue weighted by Gasteiger charge is 2.37. The van der Waals surface area contributed by atoms with Crippen molar-refractivity contribution in [2.75, 3.05) is 0 Å². The van der Waals surface area contributed by atoms with E-state index in [2.05, 4.69) is 22.1 Å². The molecule has 0 spiro atoms. The molecule has 2 aromatic heterocycles. The summed E-state index contributed by atoms with van der Waals surface area (Å²) in [5, 5.41) is 10.4. The van der Waals surface area contributed by atoms with Crippen LogP contribution in [0, 0.1) is 0 Å². The molecular weight excluding hydrogens is 456 g/mol. The molecule has 3 aromatic rings. The van der Waals surface area contributed by atoms with E-state index in [0.717, 1.165) is 35.6 Å². The fraction of sp³-hybridized carbons (Fsp3) is 0.353. The van der Waals surface area contributed by atoms with E-state index in [0.29, 0.717) is 20.8 Å². The van der Waals surface area contributed by atoms with E-state index in [1.165, 1.54) is 28.5 Å². The van der Waals surface area contributed by atoms with Crippen LogP contribution in [0.2, 0.25) is 0 Å². The number of unbranched alkanes of at least 4 members (excludes halogenated alkanes) is 1. The van der Waals surface area contributed by atoms with Gasteiger partial charge in [0.15, 0.2) is 8.68 Å². The molecule has 0 bridgehead atoms. The Labute approximate surface area is 174 Å². The lowest BCUT2D eigenvalue weighted by Gasteiger charge is -2.13. The molecule has 0 fully saturated rings. The maximum Gasteiger partial charge on any atom is 0.416 e. The molecule has 0 unspecified atom stereocenters. The highest BCUT2D eigenvalue weighted by molar-refractivity contribution is 8.02. The first-order valence-corrected chi connectivity index (χ1v) is 10.8. The first-order chi connectivity index (χ1) is 13.6. The van der Waals surface area contributed by atoms with Crippen molar-refractivity contribution in [3.8, 4) is 11.3 Å². The first-order valence-electron chi connectivity index (χ1n) is 8.32. The summed E-state index contributed by atoms with van der Waals surface area (Å²) in [6.45, 7) is 2.06. The zero-order valence-corrected chi connectivity index (χ0v) is 17.2. The lowest BCUT2D eigenvalue weighted by Crippen LogP contribution is -2.11. The second kappa shape index (κ2) is 8.60. The summed E-state index contributed by atoms with van der Waals surface area (Å²) >= 11 is 3.70. The number of hydrogen-bond donors (Lipinski definition) is 0. The fourth-order valence-corrected chi connectivity index (χ4v) is 5.29. The molecule has 0 aliphatic rings. The monoisotopic (exact) mass is 469 g/mol. The average molecular weight is 470 g/mol. The van der Waals surface area contributed by atoms with Gasteiger partial charge in [0, 0.05) is 17.4 Å². The molecule has 2 heterocycles. The van der Waals surface area contributed by atoms with Gasteiger partial charge in [0.25, 0.3) is 0 Å². The summed E-state index contributed by atoms with van der Waals surface area (Å²) in [5.74, 6) is 0. The molecule has 3 nitrogen and oxygen atoms in total. The number of rotatable bonds is 6. The quantitative estimate of drug-likeness (QED) is 0.358. The minimum Gasteiger partial charge on any atom is -0.229 e. The van der Waals surface area contributed by atoms with Crippen molar-refractivity contribution in [1.82, 2.24) is 15.2 Å². The van der Waals surface area contributed by atoms with Gasteiger partial charge in [-0.2, -0.15) is 26.3 Å². The van der Waals surface area contributed by atoms with Crippen molar-refractivity contribution >= 4 is 34.4 Å². The molecule has 156 valence electrons. The molecule has 12 heteroatoms. The van der Waals surface area contributed by atoms with E-state index in [9.17, 15) is 26.3 Å². The zero-order valence-electron chi connectivity index (χ0n) is 14.8. The Morgan fingerprint density at radius 2 is 1.59 bits per heavy atom. The minimum atomic E-state index is -4.90. The van der Waals surface area contributed by atoms with E-state index in [1.807, 2.05) is 0 Å². The molecule has 1 aromatic carbocycles. The van der Waals surface area contributed by atoms with Gasteiger partial charge in [-0.05, 0) is 36.4 Å². The van der Waals surface area contributed by atoms with E-state index < -0.39 is 23.5 Å². The number of halogens is 6. The van der Waals surface area contributed by atoms with Crippen molar-refractivity contribution in [3.63, 3.8) is 0 Å². The van der Waals surface area contributed by atoms with Crippen LogP contribution in [-0.2, 0) is 18.8 Å². The summed E-state index contributed by atoms with van der Waals surface area (Å²) in [7, 11) is 0. The Morgan fingerprint density at radius 1 is 0.931 bits per heavy atom. The topological polar surface area (TPSA) is 38.7 Å². The molecule has 0 aliphatic carbocycles. The Balaban J connectivity index is 1.86. The highest BCUT2D eigenvalue weighted by Crippen LogP contribution is 2.40. The van der Waals surface area contributed by atoms with Crippen LogP contribution in [0.25, 0.3) is 11.3 Å². The Hall–Kier alpha value is -1.66. The largest absolute Gasteiger partial charge is 0.416 e. The Kier molecular flexibility index (Phi) is 6.54. The maximum atomic E-state index is 13.0. The van der Waals surface area contributed by atoms with Gasteiger partial charge in [0.05, 0.1) is 16.8 Å². The van der Waals surface area contributed by atoms with Gasteiger partial charge in [0.1, 0.15) is 5.01 Å². The van der Waals surface area contributed by atoms with Crippen LogP contribution in [0.4, 0.5) is 26.3 Å². The molecule has 0 N–H and O–H groups in total. The van der Waals surface area contributed by atoms with Gasteiger partial charge in [-0.3, -0.25) is 0 Å². The standard InChI is InChI=1S/C17H13F6N3S3/c1-2-3-4-13-25-26-15(28-13)29-14-24-12(8-27-14)9-5-10(16(18,19)20)7-11(6-9)17(21,22)23/h5-8H,2-4H2,1H3. The molecule has 3 rings (SSSR count). The third kappa shape index (κ3) is 5.70. The van der Waals surface area contributed by atoms with E-state index in [-0.39, 0.29) is 17.3 Å². The third-order valence-corrected chi connectivity index (χ3v) is 6.71. The van der Waals surface area contributed by atoms with Gasteiger partial charge in [-0.15, -0.1) is 21.5 Å². The van der Waals surface area contributed by atoms with Crippen LogP contribution in [0.1, 0.15) is 35.9 Å². The number of aryl methyl sites for hydroxylation is 1. The van der Waals surface area contributed by atoms with Crippen molar-refractivity contribution in [3.05, 3.63) is 39.7 Å². The first kappa shape index (κ1) is 22.0. The van der Waals surface area contributed by atoms with Gasteiger partial charge in [-0.1, -0.05) is 24.7 Å². The summed E-state index contributed by atoms with van der Waals surface area (Å²) in [5.41, 5.74) is -2.93. The maximum absolute atomic E-state index is 13.0. The van der Waals surface area contributed by atoms with Crippen LogP contribution in [0.15, 0.2) is 32.3 Å². The summed E-state index contributed by atoms with van der Waals surface area (Å²) < 4.78 is 79.3. The molecule has 0 aliphatic heterocycles. The predicted molar refractivity (Wildman–Crippen MR) is 100 cm³/mol. The van der Waals surface area contributed by atoms with E-state index >= 15 is 0 Å². The van der Waals surface area contributed by atoms with Crippen LogP contribution >= 0.6 is 34.4 Å². The second-order valence-electron chi connectivity index (χ2n) is 5.96. The number of alkyl halides is 6. The molecule has 0 saturated heterocycles. The third-order valence-electron chi connectivity index (χ3n) is 3.73. The smallest absolute Gasteiger partial charge is 0.229 e. The molecular formula is C17H13F6N3S3. The Morgan fingerprint density at radius 3 is 2.17 bits per heavy atom. The lowest BCUT2D eigenvalue weighted by atomic mass is 10.0. The van der Waals surface area contributed by atoms with Crippen LogP contribution in [0.5, 0.6) is 0 Å². The number of aromatic nitrogens is 3. The predicted octanol–water partition coefficient (Wildman–Crippen LogP) is 7.19. The average Bonchev–Trinajstić information content (AvgIpc) is 3.28. The van der Waals surface area contributed by atoms with E-state index in [4.69, 9.17) is 0 Å². The summed E-state index contributed by atoms with van der Waals surface area (Å²) in [6, 6.07) is 1.45. The fourth-order valence-electron chi connectivity index (χ4n) is 2.32. The SMILES string of the molecule is CCCCc1nnc(Sc2nc(-c3cc(C(F)(F)F)cc(C(F)(F)F)c3)cs2)s1. The molecule has 0 saturated carbocycles. The number of thiazole rings is 1. The molecule has 0 amide bonds. The molecule has 29 heavy (non-hydrogen) atoms. The van der Waals surface area contributed by atoms with Gasteiger partial charge in [0.2, 0.25) is 0 Å². The lowest BCUT2D eigenvalue weighted by molar-refractivity contribution is -0.143. The summed E-state index contributed by atoms with van der Waals surface area (Å²) in [4.78, 5) is 4.18. The zero-order chi connectivity index (χ0) is 21.2. The molecule has 0 atom stereocenters. The van der Waals surface area contributed by atoms with Crippen LogP contribution < -0.4 is 0 Å². The Bertz CT molecular complexity index is 945. The molecule has 0 radical (unpaired) electrons. The van der Waals surface area contributed by atoms with E-state index in [1.54, 1.807) is 0 Å². The number of benzene rings is 1. The van der Waals surface area contributed by atoms with Crippen molar-refractivity contribution in [2.45, 2.75) is 47.2 Å². The highest BCUT2D eigenvalue weighted by atomic mass is 32.2. The van der Waals surface area contributed by atoms with Crippen molar-refractivity contribution in [1.29, 1.82) is 0 Å². The minimum absolute atomic E-state index is 0.0461. The van der Waals surface area contributed by atoms with Gasteiger partial charge in [-0.25, -0.2) is 4.98 Å². The number of hydrogen-bond acceptors (Lipinski definition) is 6. The van der Waals surface area contributed by atoms with Crippen LogP contribution in [0.3, 0.4) is 0 Å². The van der Waals surface area contributed by atoms with Crippen molar-refractivity contribution in [2.24, 2.45) is 0 Å².